The number of para-hydroxylation sites is 1. The maximum absolute atomic E-state index is 11.8. The molecule has 0 saturated heterocycles. The highest BCUT2D eigenvalue weighted by Gasteiger charge is 2.30. The standard InChI is InChI=1S/C13H12N2O3/c16-11-8-3-1-2-4-9(8)14-13(18)10(11)15-12(17)7-5-6-7/h1-4,7H,5-6H2,(H,15,17)(H2,14,16,18). The zero-order valence-electron chi connectivity index (χ0n) is 9.56. The van der Waals surface area contributed by atoms with Gasteiger partial charge in [0, 0.05) is 11.3 Å². The van der Waals surface area contributed by atoms with Gasteiger partial charge in [-0.2, -0.15) is 0 Å². The molecule has 3 N–H and O–H groups in total. The normalized spacial score (nSPS) is 14.7. The molecular weight excluding hydrogens is 232 g/mol. The second kappa shape index (κ2) is 3.87. The third-order valence-electron chi connectivity index (χ3n) is 3.09. The molecule has 0 radical (unpaired) electrons. The molecule has 18 heavy (non-hydrogen) atoms. The molecule has 1 heterocycles. The Balaban J connectivity index is 2.10. The molecular formula is C13H12N2O3. The summed E-state index contributed by atoms with van der Waals surface area (Å²) in [5, 5.41) is 13.1. The van der Waals surface area contributed by atoms with E-state index in [4.69, 9.17) is 0 Å². The molecule has 2 aromatic rings. The Kier molecular flexibility index (Phi) is 2.33. The Bertz CT molecular complexity index is 686. The Morgan fingerprint density at radius 1 is 1.33 bits per heavy atom. The number of aromatic hydroxyl groups is 1. The smallest absolute Gasteiger partial charge is 0.276 e. The van der Waals surface area contributed by atoms with Crippen LogP contribution in [-0.4, -0.2) is 16.0 Å². The number of benzene rings is 1. The molecule has 1 amide bonds. The van der Waals surface area contributed by atoms with Crippen LogP contribution in [0.15, 0.2) is 29.1 Å². The topological polar surface area (TPSA) is 82.2 Å². The van der Waals surface area contributed by atoms with E-state index in [1.807, 2.05) is 0 Å². The molecule has 92 valence electrons. The van der Waals surface area contributed by atoms with Crippen LogP contribution >= 0.6 is 0 Å². The molecule has 5 heteroatoms. The zero-order valence-corrected chi connectivity index (χ0v) is 9.56. The van der Waals surface area contributed by atoms with Gasteiger partial charge in [0.2, 0.25) is 5.91 Å². The van der Waals surface area contributed by atoms with E-state index in [1.165, 1.54) is 0 Å². The maximum atomic E-state index is 11.8. The molecule has 0 aliphatic heterocycles. The van der Waals surface area contributed by atoms with Gasteiger partial charge in [-0.15, -0.1) is 0 Å². The number of hydrogen-bond acceptors (Lipinski definition) is 3. The summed E-state index contributed by atoms with van der Waals surface area (Å²) in [5.41, 5.74) is -0.00443. The van der Waals surface area contributed by atoms with E-state index in [0.29, 0.717) is 10.9 Å². The van der Waals surface area contributed by atoms with E-state index in [9.17, 15) is 14.7 Å². The molecule has 0 bridgehead atoms. The number of nitrogens with one attached hydrogen (secondary N) is 2. The van der Waals surface area contributed by atoms with Crippen molar-refractivity contribution in [3.63, 3.8) is 0 Å². The number of H-pyrrole nitrogens is 1. The number of aromatic nitrogens is 1. The molecule has 1 fully saturated rings. The highest BCUT2D eigenvalue weighted by atomic mass is 16.3. The van der Waals surface area contributed by atoms with Gasteiger partial charge in [-0.1, -0.05) is 12.1 Å². The van der Waals surface area contributed by atoms with Crippen LogP contribution in [-0.2, 0) is 4.79 Å². The summed E-state index contributed by atoms with van der Waals surface area (Å²) in [4.78, 5) is 26.1. The lowest BCUT2D eigenvalue weighted by Crippen LogP contribution is -2.21. The number of fused-ring (bicyclic) bond motifs is 1. The summed E-state index contributed by atoms with van der Waals surface area (Å²) < 4.78 is 0. The van der Waals surface area contributed by atoms with Crippen LogP contribution in [0.25, 0.3) is 10.9 Å². The van der Waals surface area contributed by atoms with Crippen molar-refractivity contribution in [2.75, 3.05) is 5.32 Å². The largest absolute Gasteiger partial charge is 0.505 e. The van der Waals surface area contributed by atoms with Gasteiger partial charge in [-0.05, 0) is 25.0 Å². The van der Waals surface area contributed by atoms with Crippen molar-refractivity contribution in [3.8, 4) is 5.75 Å². The molecule has 0 unspecified atom stereocenters. The Labute approximate surface area is 102 Å². The van der Waals surface area contributed by atoms with Gasteiger partial charge in [0.25, 0.3) is 5.56 Å². The predicted molar refractivity (Wildman–Crippen MR) is 67.6 cm³/mol. The van der Waals surface area contributed by atoms with Gasteiger partial charge in [-0.3, -0.25) is 9.59 Å². The summed E-state index contributed by atoms with van der Waals surface area (Å²) in [6.07, 6.45) is 1.69. The van der Waals surface area contributed by atoms with E-state index >= 15 is 0 Å². The van der Waals surface area contributed by atoms with Crippen molar-refractivity contribution in [2.24, 2.45) is 5.92 Å². The van der Waals surface area contributed by atoms with E-state index < -0.39 is 5.56 Å². The first kappa shape index (κ1) is 10.8. The first-order valence-electron chi connectivity index (χ1n) is 5.81. The van der Waals surface area contributed by atoms with Crippen molar-refractivity contribution in [1.29, 1.82) is 0 Å². The van der Waals surface area contributed by atoms with E-state index in [-0.39, 0.29) is 23.3 Å². The lowest BCUT2D eigenvalue weighted by Gasteiger charge is -2.08. The number of hydrogen-bond donors (Lipinski definition) is 3. The minimum absolute atomic E-state index is 0.0183. The van der Waals surface area contributed by atoms with Crippen molar-refractivity contribution < 1.29 is 9.90 Å². The van der Waals surface area contributed by atoms with Gasteiger partial charge in [0.05, 0.1) is 5.52 Å². The lowest BCUT2D eigenvalue weighted by molar-refractivity contribution is -0.117. The Morgan fingerprint density at radius 3 is 2.78 bits per heavy atom. The minimum atomic E-state index is -0.486. The average Bonchev–Trinajstić information content (AvgIpc) is 3.18. The number of rotatable bonds is 2. The summed E-state index contributed by atoms with van der Waals surface area (Å²) in [5.74, 6) is -0.398. The first-order valence-corrected chi connectivity index (χ1v) is 5.81. The lowest BCUT2D eigenvalue weighted by atomic mass is 10.2. The highest BCUT2D eigenvalue weighted by Crippen LogP contribution is 2.32. The molecule has 1 saturated carbocycles. The SMILES string of the molecule is O=C(Nc1c(O)c2ccccc2[nH]c1=O)C1CC1. The van der Waals surface area contributed by atoms with Gasteiger partial charge in [0.1, 0.15) is 5.69 Å². The molecule has 3 rings (SSSR count). The van der Waals surface area contributed by atoms with Crippen LogP contribution in [0.3, 0.4) is 0 Å². The summed E-state index contributed by atoms with van der Waals surface area (Å²) in [6.45, 7) is 0. The number of carbonyl (C=O) groups excluding carboxylic acids is 1. The molecule has 0 atom stereocenters. The van der Waals surface area contributed by atoms with Gasteiger partial charge in [-0.25, -0.2) is 0 Å². The second-order valence-electron chi connectivity index (χ2n) is 4.49. The molecule has 1 aromatic carbocycles. The van der Waals surface area contributed by atoms with Crippen molar-refractivity contribution >= 4 is 22.5 Å². The second-order valence-corrected chi connectivity index (χ2v) is 4.49. The summed E-state index contributed by atoms with van der Waals surface area (Å²) in [7, 11) is 0. The predicted octanol–water partition coefficient (Wildman–Crippen LogP) is 1.58. The van der Waals surface area contributed by atoms with Crippen LogP contribution in [0.1, 0.15) is 12.8 Å². The molecule has 0 spiro atoms. The maximum Gasteiger partial charge on any atom is 0.276 e. The number of aromatic amines is 1. The molecule has 1 aliphatic rings. The molecule has 1 aliphatic carbocycles. The van der Waals surface area contributed by atoms with E-state index in [2.05, 4.69) is 10.3 Å². The van der Waals surface area contributed by atoms with Crippen molar-refractivity contribution in [2.45, 2.75) is 12.8 Å². The monoisotopic (exact) mass is 244 g/mol. The number of amides is 1. The number of carbonyl (C=O) groups is 1. The van der Waals surface area contributed by atoms with Crippen molar-refractivity contribution in [3.05, 3.63) is 34.6 Å². The highest BCUT2D eigenvalue weighted by molar-refractivity contribution is 5.99. The third kappa shape index (κ3) is 1.73. The van der Waals surface area contributed by atoms with Crippen molar-refractivity contribution in [1.82, 2.24) is 4.98 Å². The minimum Gasteiger partial charge on any atom is -0.505 e. The van der Waals surface area contributed by atoms with Gasteiger partial charge >= 0.3 is 0 Å². The van der Waals surface area contributed by atoms with Crippen LogP contribution in [0.2, 0.25) is 0 Å². The average molecular weight is 244 g/mol. The Morgan fingerprint density at radius 2 is 2.06 bits per heavy atom. The van der Waals surface area contributed by atoms with Gasteiger partial charge in [0.15, 0.2) is 5.75 Å². The number of anilines is 1. The van der Waals surface area contributed by atoms with Crippen LogP contribution < -0.4 is 10.9 Å². The molecule has 5 nitrogen and oxygen atoms in total. The molecule has 1 aromatic heterocycles. The number of pyridine rings is 1. The first-order chi connectivity index (χ1) is 8.66. The summed E-state index contributed by atoms with van der Waals surface area (Å²) >= 11 is 0. The Hall–Kier alpha value is -2.30. The zero-order chi connectivity index (χ0) is 12.7. The van der Waals surface area contributed by atoms with Crippen LogP contribution in [0.5, 0.6) is 5.75 Å². The van der Waals surface area contributed by atoms with Gasteiger partial charge < -0.3 is 15.4 Å². The fourth-order valence-corrected chi connectivity index (χ4v) is 1.91. The fourth-order valence-electron chi connectivity index (χ4n) is 1.91. The quantitative estimate of drug-likeness (QED) is 0.750. The van der Waals surface area contributed by atoms with Crippen LogP contribution in [0.4, 0.5) is 5.69 Å². The van der Waals surface area contributed by atoms with E-state index in [0.717, 1.165) is 12.8 Å². The third-order valence-corrected chi connectivity index (χ3v) is 3.09. The van der Waals surface area contributed by atoms with Crippen LogP contribution in [0, 0.1) is 5.92 Å². The van der Waals surface area contributed by atoms with E-state index in [1.54, 1.807) is 24.3 Å². The fraction of sp³-hybridized carbons (Fsp3) is 0.231. The summed E-state index contributed by atoms with van der Waals surface area (Å²) in [6, 6.07) is 6.91.